The van der Waals surface area contributed by atoms with Crippen molar-refractivity contribution in [3.63, 3.8) is 0 Å². The molecule has 16 nitrogen and oxygen atoms in total. The molecule has 17 heteroatoms. The van der Waals surface area contributed by atoms with E-state index in [9.17, 15) is 0 Å². The normalized spacial score (nSPS) is 11.5. The minimum absolute atomic E-state index is 0.316. The SMILES string of the molecule is CC(I)(C(=O)OCc1ccccc1)c1c(CC(=O)OCc2ccccc2)c(C(=O)OCc2ccccc2)c2c(C(=O)OCc3ccccc3)c(C(=O)OCc3ccccc3)c(C(=O)OCc3ccccc3)c(C(=O)OCc3ccccc3)c2c1C(=O)OCc1ccccc1. The quantitative estimate of drug-likeness (QED) is 0.0213. The molecule has 0 bridgehead atoms. The second-order valence-corrected chi connectivity index (χ2v) is 23.8. The molecular formula is C77H61IO16. The summed E-state index contributed by atoms with van der Waals surface area (Å²) in [6.07, 6.45) is -1.00. The van der Waals surface area contributed by atoms with Crippen molar-refractivity contribution in [2.24, 2.45) is 0 Å². The van der Waals surface area contributed by atoms with Crippen LogP contribution in [0, 0.1) is 0 Å². The van der Waals surface area contributed by atoms with E-state index in [2.05, 4.69) is 0 Å². The molecule has 0 aromatic heterocycles. The van der Waals surface area contributed by atoms with Crippen molar-refractivity contribution in [3.05, 3.63) is 332 Å². The van der Waals surface area contributed by atoms with Crippen molar-refractivity contribution in [3.8, 4) is 0 Å². The molecule has 0 heterocycles. The molecule has 0 amide bonds. The van der Waals surface area contributed by atoms with Gasteiger partial charge in [-0.2, -0.15) is 0 Å². The molecule has 0 aliphatic carbocycles. The lowest BCUT2D eigenvalue weighted by Crippen LogP contribution is -2.35. The van der Waals surface area contributed by atoms with Gasteiger partial charge < -0.3 is 37.9 Å². The first-order chi connectivity index (χ1) is 45.7. The monoisotopic (exact) mass is 1370 g/mol. The van der Waals surface area contributed by atoms with Gasteiger partial charge in [-0.15, -0.1) is 0 Å². The molecule has 0 fully saturated rings. The summed E-state index contributed by atoms with van der Waals surface area (Å²) in [5, 5.41) is -1.53. The molecule has 472 valence electrons. The highest BCUT2D eigenvalue weighted by atomic mass is 127. The van der Waals surface area contributed by atoms with Gasteiger partial charge in [0.25, 0.3) is 0 Å². The van der Waals surface area contributed by atoms with E-state index in [-0.39, 0.29) is 13.2 Å². The second-order valence-electron chi connectivity index (χ2n) is 21.6. The number of benzene rings is 10. The van der Waals surface area contributed by atoms with Gasteiger partial charge in [0.15, 0.2) is 0 Å². The second kappa shape index (κ2) is 31.8. The zero-order valence-electron chi connectivity index (χ0n) is 50.9. The van der Waals surface area contributed by atoms with Gasteiger partial charge in [0.2, 0.25) is 0 Å². The Hall–Kier alpha value is -11.1. The van der Waals surface area contributed by atoms with Gasteiger partial charge in [-0.05, 0) is 62.6 Å². The zero-order valence-corrected chi connectivity index (χ0v) is 53.0. The number of carbonyl (C=O) groups excluding carboxylic acids is 8. The lowest BCUT2D eigenvalue weighted by atomic mass is 9.77. The summed E-state index contributed by atoms with van der Waals surface area (Å²) in [7, 11) is 0. The van der Waals surface area contributed by atoms with Crippen LogP contribution in [0.15, 0.2) is 243 Å². The minimum atomic E-state index is -2.27. The summed E-state index contributed by atoms with van der Waals surface area (Å²) >= 11 is 1.73. The number of carbonyl (C=O) groups is 8. The summed E-state index contributed by atoms with van der Waals surface area (Å²) in [4.78, 5) is 128. The Kier molecular flexibility index (Phi) is 22.3. The number of ether oxygens (including phenoxy) is 8. The van der Waals surface area contributed by atoms with Crippen molar-refractivity contribution in [1.29, 1.82) is 0 Å². The molecule has 10 aromatic rings. The Bertz CT molecular complexity index is 4320. The van der Waals surface area contributed by atoms with Gasteiger partial charge in [-0.25, -0.2) is 28.8 Å². The highest BCUT2D eigenvalue weighted by molar-refractivity contribution is 14.1. The van der Waals surface area contributed by atoms with E-state index >= 15 is 38.4 Å². The van der Waals surface area contributed by atoms with Crippen molar-refractivity contribution >= 4 is 81.1 Å². The molecule has 10 rings (SSSR count). The lowest BCUT2D eigenvalue weighted by molar-refractivity contribution is -0.147. The van der Waals surface area contributed by atoms with Crippen LogP contribution in [0.2, 0.25) is 0 Å². The first-order valence-electron chi connectivity index (χ1n) is 29.8. The smallest absolute Gasteiger partial charge is 0.340 e. The fourth-order valence-electron chi connectivity index (χ4n) is 10.4. The summed E-state index contributed by atoms with van der Waals surface area (Å²) in [5.41, 5.74) is -2.63. The number of halogens is 1. The Morgan fingerprint density at radius 2 is 0.489 bits per heavy atom. The van der Waals surface area contributed by atoms with E-state index in [1.807, 2.05) is 0 Å². The maximum Gasteiger partial charge on any atom is 0.340 e. The maximum absolute atomic E-state index is 16.4. The minimum Gasteiger partial charge on any atom is -0.461 e. The number of alkyl halides is 1. The van der Waals surface area contributed by atoms with E-state index in [0.717, 1.165) is 0 Å². The molecule has 0 saturated heterocycles. The van der Waals surface area contributed by atoms with Gasteiger partial charge in [0.05, 0.1) is 39.8 Å². The predicted molar refractivity (Wildman–Crippen MR) is 355 cm³/mol. The van der Waals surface area contributed by atoms with Crippen LogP contribution in [0.5, 0.6) is 0 Å². The molecule has 0 aliphatic rings. The molecule has 0 spiro atoms. The fraction of sp³-hybridized carbons (Fsp3) is 0.143. The maximum atomic E-state index is 16.4. The van der Waals surface area contributed by atoms with Crippen LogP contribution in [0.1, 0.15) is 125 Å². The van der Waals surface area contributed by atoms with Crippen LogP contribution in [-0.2, 0) is 110 Å². The molecular weight excluding hydrogens is 1310 g/mol. The van der Waals surface area contributed by atoms with Crippen molar-refractivity contribution in [2.45, 2.75) is 69.6 Å². The van der Waals surface area contributed by atoms with Gasteiger partial charge >= 0.3 is 47.8 Å². The molecule has 94 heavy (non-hydrogen) atoms. The van der Waals surface area contributed by atoms with Crippen molar-refractivity contribution in [2.75, 3.05) is 0 Å². The van der Waals surface area contributed by atoms with Crippen molar-refractivity contribution in [1.82, 2.24) is 0 Å². The molecule has 0 aliphatic heterocycles. The van der Waals surface area contributed by atoms with Crippen LogP contribution in [0.3, 0.4) is 0 Å². The van der Waals surface area contributed by atoms with E-state index in [4.69, 9.17) is 37.9 Å². The van der Waals surface area contributed by atoms with E-state index in [1.54, 1.807) is 265 Å². The Balaban J connectivity index is 1.40. The van der Waals surface area contributed by atoms with Gasteiger partial charge in [0.1, 0.15) is 56.3 Å². The third-order valence-corrected chi connectivity index (χ3v) is 16.0. The molecule has 0 saturated carbocycles. The summed E-state index contributed by atoms with van der Waals surface area (Å²) in [5.74, 6) is -10.5. The van der Waals surface area contributed by atoms with Gasteiger partial charge in [0, 0.05) is 10.8 Å². The van der Waals surface area contributed by atoms with Crippen LogP contribution in [-0.4, -0.2) is 47.8 Å². The number of hydrogen-bond donors (Lipinski definition) is 0. The Morgan fingerprint density at radius 1 is 0.277 bits per heavy atom. The topological polar surface area (TPSA) is 210 Å². The largest absolute Gasteiger partial charge is 0.461 e. The third kappa shape index (κ3) is 16.5. The van der Waals surface area contributed by atoms with Gasteiger partial charge in [-0.1, -0.05) is 265 Å². The first kappa shape index (κ1) is 65.9. The average Bonchev–Trinajstić information content (AvgIpc) is 0.696. The van der Waals surface area contributed by atoms with Crippen LogP contribution in [0.25, 0.3) is 10.8 Å². The van der Waals surface area contributed by atoms with Crippen molar-refractivity contribution < 1.29 is 76.3 Å². The van der Waals surface area contributed by atoms with Gasteiger partial charge in [-0.3, -0.25) is 9.59 Å². The third-order valence-electron chi connectivity index (χ3n) is 15.0. The number of fused-ring (bicyclic) bond motifs is 1. The summed E-state index contributed by atoms with van der Waals surface area (Å²) in [6.45, 7) is -2.29. The lowest BCUT2D eigenvalue weighted by Gasteiger charge is -2.31. The van der Waals surface area contributed by atoms with Crippen LogP contribution >= 0.6 is 22.6 Å². The predicted octanol–water partition coefficient (Wildman–Crippen LogP) is 14.7. The number of rotatable bonds is 26. The first-order valence-corrected chi connectivity index (χ1v) is 30.9. The standard InChI is InChI=1S/C77H61IO16/c1-77(78,76(86)94-50-58-40-24-9-25-41-58)69-59(42-60(79)87-43-51-26-10-2-11-27-51)61(70(80)88-44-52-28-12-3-13-29-52)62-63(68(69)75(85)93-49-57-38-22-8-23-39-57)65(72(82)90-46-54-32-16-5-17-33-54)67(74(84)92-48-56-36-20-7-21-37-56)66(73(83)91-47-55-34-18-6-19-35-55)64(62)71(81)89-45-53-30-14-4-15-31-53/h2-41H,42-50H2,1H3. The summed E-state index contributed by atoms with van der Waals surface area (Å²) in [6, 6.07) is 67.8. The highest BCUT2D eigenvalue weighted by Gasteiger charge is 2.48. The average molecular weight is 1370 g/mol. The highest BCUT2D eigenvalue weighted by Crippen LogP contribution is 2.48. The summed E-state index contributed by atoms with van der Waals surface area (Å²) < 4.78 is 46.9. The van der Waals surface area contributed by atoms with E-state index in [0.29, 0.717) is 44.5 Å². The molecule has 0 radical (unpaired) electrons. The molecule has 10 aromatic carbocycles. The molecule has 1 unspecified atom stereocenters. The number of esters is 8. The Labute approximate surface area is 555 Å². The van der Waals surface area contributed by atoms with Crippen LogP contribution in [0.4, 0.5) is 0 Å². The molecule has 1 atom stereocenters. The van der Waals surface area contributed by atoms with E-state index < -0.39 is 153 Å². The molecule has 0 N–H and O–H groups in total. The van der Waals surface area contributed by atoms with E-state index in [1.165, 1.54) is 6.92 Å². The fourth-order valence-corrected chi connectivity index (χ4v) is 11.2. The van der Waals surface area contributed by atoms with Crippen LogP contribution < -0.4 is 0 Å². The Morgan fingerprint density at radius 3 is 0.766 bits per heavy atom. The zero-order chi connectivity index (χ0) is 65.8. The number of hydrogen-bond acceptors (Lipinski definition) is 16.